The van der Waals surface area contributed by atoms with E-state index >= 15 is 0 Å². The lowest BCUT2D eigenvalue weighted by atomic mass is 9.98. The fourth-order valence-corrected chi connectivity index (χ4v) is 2.47. The number of benzene rings is 1. The number of rotatable bonds is 3. The van der Waals surface area contributed by atoms with E-state index < -0.39 is 5.97 Å². The van der Waals surface area contributed by atoms with Gasteiger partial charge in [-0.1, -0.05) is 15.9 Å². The average Bonchev–Trinajstić information content (AvgIpc) is 2.41. The Kier molecular flexibility index (Phi) is 4.55. The lowest BCUT2D eigenvalue weighted by Gasteiger charge is -2.22. The lowest BCUT2D eigenvalue weighted by molar-refractivity contribution is -0.120. The molecule has 0 radical (unpaired) electrons. The highest BCUT2D eigenvalue weighted by Crippen LogP contribution is 2.22. The first-order chi connectivity index (χ1) is 9.08. The van der Waals surface area contributed by atoms with Crippen molar-refractivity contribution < 1.29 is 14.7 Å². The van der Waals surface area contributed by atoms with Crippen LogP contribution in [0.4, 0.5) is 5.69 Å². The summed E-state index contributed by atoms with van der Waals surface area (Å²) in [5, 5.41) is 15.0. The highest BCUT2D eigenvalue weighted by atomic mass is 79.9. The molecule has 0 bridgehead atoms. The molecule has 1 heterocycles. The van der Waals surface area contributed by atoms with Gasteiger partial charge >= 0.3 is 5.97 Å². The number of halogens is 1. The van der Waals surface area contributed by atoms with Crippen molar-refractivity contribution >= 4 is 33.5 Å². The Morgan fingerprint density at radius 1 is 1.42 bits per heavy atom. The molecule has 1 unspecified atom stereocenters. The van der Waals surface area contributed by atoms with Crippen molar-refractivity contribution in [3.05, 3.63) is 28.2 Å². The van der Waals surface area contributed by atoms with Gasteiger partial charge in [-0.05, 0) is 37.6 Å². The molecule has 1 aromatic carbocycles. The summed E-state index contributed by atoms with van der Waals surface area (Å²) in [5.74, 6) is -1.28. The Labute approximate surface area is 119 Å². The molecule has 0 saturated carbocycles. The summed E-state index contributed by atoms with van der Waals surface area (Å²) in [6.45, 7) is 1.58. The molecule has 1 saturated heterocycles. The molecule has 102 valence electrons. The van der Waals surface area contributed by atoms with E-state index in [-0.39, 0.29) is 17.4 Å². The van der Waals surface area contributed by atoms with Gasteiger partial charge in [0.25, 0.3) is 0 Å². The van der Waals surface area contributed by atoms with E-state index in [1.807, 2.05) is 0 Å². The topological polar surface area (TPSA) is 78.4 Å². The van der Waals surface area contributed by atoms with Gasteiger partial charge in [0.05, 0.1) is 17.2 Å². The molecule has 0 aliphatic carbocycles. The number of aromatic carboxylic acids is 1. The quantitative estimate of drug-likeness (QED) is 0.794. The number of nitrogens with one attached hydrogen (secondary N) is 2. The smallest absolute Gasteiger partial charge is 0.337 e. The van der Waals surface area contributed by atoms with Gasteiger partial charge in [-0.2, -0.15) is 0 Å². The fourth-order valence-electron chi connectivity index (χ4n) is 2.11. The summed E-state index contributed by atoms with van der Waals surface area (Å²) < 4.78 is 0.669. The second-order valence-corrected chi connectivity index (χ2v) is 5.44. The number of carbonyl (C=O) groups excluding carboxylic acids is 1. The van der Waals surface area contributed by atoms with Crippen LogP contribution in [0.5, 0.6) is 0 Å². The van der Waals surface area contributed by atoms with E-state index in [2.05, 4.69) is 26.6 Å². The third-order valence-electron chi connectivity index (χ3n) is 3.14. The van der Waals surface area contributed by atoms with E-state index in [4.69, 9.17) is 5.11 Å². The summed E-state index contributed by atoms with van der Waals surface area (Å²) in [6, 6.07) is 4.79. The predicted octanol–water partition coefficient (Wildman–Crippen LogP) is 2.09. The number of carboxylic acids is 1. The highest BCUT2D eigenvalue weighted by molar-refractivity contribution is 9.10. The Morgan fingerprint density at radius 2 is 2.21 bits per heavy atom. The summed E-state index contributed by atoms with van der Waals surface area (Å²) >= 11 is 3.22. The molecular formula is C13H15BrN2O3. The van der Waals surface area contributed by atoms with E-state index in [0.29, 0.717) is 16.7 Å². The molecule has 1 amide bonds. The molecule has 6 heteroatoms. The van der Waals surface area contributed by atoms with Gasteiger partial charge in [-0.25, -0.2) is 4.79 Å². The third kappa shape index (κ3) is 3.54. The minimum absolute atomic E-state index is 0.0893. The molecule has 1 aromatic rings. The first kappa shape index (κ1) is 14.0. The van der Waals surface area contributed by atoms with Crippen LogP contribution in [0.25, 0.3) is 0 Å². The maximum atomic E-state index is 12.1. The van der Waals surface area contributed by atoms with Crippen molar-refractivity contribution in [2.24, 2.45) is 5.92 Å². The van der Waals surface area contributed by atoms with Gasteiger partial charge in [-0.15, -0.1) is 0 Å². The number of anilines is 1. The van der Waals surface area contributed by atoms with Crippen LogP contribution >= 0.6 is 15.9 Å². The molecule has 1 fully saturated rings. The van der Waals surface area contributed by atoms with Crippen LogP contribution in [0, 0.1) is 5.92 Å². The van der Waals surface area contributed by atoms with Crippen molar-refractivity contribution in [2.45, 2.75) is 12.8 Å². The van der Waals surface area contributed by atoms with Crippen molar-refractivity contribution in [3.8, 4) is 0 Å². The minimum atomic E-state index is -1.06. The number of piperidine rings is 1. The van der Waals surface area contributed by atoms with Crippen molar-refractivity contribution in [1.29, 1.82) is 0 Å². The second kappa shape index (κ2) is 6.16. The van der Waals surface area contributed by atoms with E-state index in [1.54, 1.807) is 12.1 Å². The van der Waals surface area contributed by atoms with Gasteiger partial charge in [0, 0.05) is 11.0 Å². The van der Waals surface area contributed by atoms with E-state index in [9.17, 15) is 9.59 Å². The van der Waals surface area contributed by atoms with Crippen LogP contribution in [0.1, 0.15) is 23.2 Å². The van der Waals surface area contributed by atoms with Crippen LogP contribution in [0.15, 0.2) is 22.7 Å². The molecule has 19 heavy (non-hydrogen) atoms. The molecule has 3 N–H and O–H groups in total. The number of carbonyl (C=O) groups is 2. The Hall–Kier alpha value is -1.40. The minimum Gasteiger partial charge on any atom is -0.478 e. The van der Waals surface area contributed by atoms with Gasteiger partial charge in [0.1, 0.15) is 0 Å². The lowest BCUT2D eigenvalue weighted by Crippen LogP contribution is -2.37. The maximum absolute atomic E-state index is 12.1. The van der Waals surface area contributed by atoms with Crippen molar-refractivity contribution in [1.82, 2.24) is 5.32 Å². The Morgan fingerprint density at radius 3 is 2.84 bits per heavy atom. The van der Waals surface area contributed by atoms with E-state index in [1.165, 1.54) is 6.07 Å². The number of hydrogen-bond acceptors (Lipinski definition) is 3. The predicted molar refractivity (Wildman–Crippen MR) is 75.3 cm³/mol. The zero-order valence-electron chi connectivity index (χ0n) is 10.3. The van der Waals surface area contributed by atoms with Crippen LogP contribution in [-0.2, 0) is 4.79 Å². The molecule has 1 aliphatic rings. The van der Waals surface area contributed by atoms with Crippen LogP contribution in [0.3, 0.4) is 0 Å². The summed E-state index contributed by atoms with van der Waals surface area (Å²) in [4.78, 5) is 23.2. The maximum Gasteiger partial charge on any atom is 0.337 e. The molecule has 1 aliphatic heterocycles. The van der Waals surface area contributed by atoms with Crippen molar-refractivity contribution in [3.63, 3.8) is 0 Å². The molecule has 2 rings (SSSR count). The number of carboxylic acid groups (broad SMARTS) is 1. The molecule has 0 spiro atoms. The average molecular weight is 327 g/mol. The first-order valence-corrected chi connectivity index (χ1v) is 6.91. The Balaban J connectivity index is 2.13. The van der Waals surface area contributed by atoms with Gasteiger partial charge in [-0.3, -0.25) is 4.79 Å². The molecule has 0 aromatic heterocycles. The zero-order chi connectivity index (χ0) is 13.8. The molecule has 5 nitrogen and oxygen atoms in total. The highest BCUT2D eigenvalue weighted by Gasteiger charge is 2.22. The van der Waals surface area contributed by atoms with Gasteiger partial charge in [0.15, 0.2) is 0 Å². The first-order valence-electron chi connectivity index (χ1n) is 6.12. The normalized spacial score (nSPS) is 18.9. The van der Waals surface area contributed by atoms with E-state index in [0.717, 1.165) is 19.4 Å². The zero-order valence-corrected chi connectivity index (χ0v) is 11.9. The number of amides is 1. The summed E-state index contributed by atoms with van der Waals surface area (Å²) in [7, 11) is 0. The third-order valence-corrected chi connectivity index (χ3v) is 3.63. The van der Waals surface area contributed by atoms with Crippen LogP contribution < -0.4 is 10.6 Å². The number of hydrogen-bond donors (Lipinski definition) is 3. The van der Waals surface area contributed by atoms with Crippen LogP contribution in [-0.4, -0.2) is 30.1 Å². The monoisotopic (exact) mass is 326 g/mol. The molecule has 1 atom stereocenters. The summed E-state index contributed by atoms with van der Waals surface area (Å²) in [5.41, 5.74) is 0.428. The van der Waals surface area contributed by atoms with Crippen LogP contribution in [0.2, 0.25) is 0 Å². The van der Waals surface area contributed by atoms with Gasteiger partial charge in [0.2, 0.25) is 5.91 Å². The molecular weight excluding hydrogens is 312 g/mol. The standard InChI is InChI=1S/C13H15BrN2O3/c14-9-3-4-11(10(6-9)13(18)19)16-12(17)8-2-1-5-15-7-8/h3-4,6,8,15H,1-2,5,7H2,(H,16,17)(H,18,19). The van der Waals surface area contributed by atoms with Gasteiger partial charge < -0.3 is 15.7 Å². The largest absolute Gasteiger partial charge is 0.478 e. The fraction of sp³-hybridized carbons (Fsp3) is 0.385. The Bertz CT molecular complexity index is 499. The van der Waals surface area contributed by atoms with Crippen molar-refractivity contribution in [2.75, 3.05) is 18.4 Å². The second-order valence-electron chi connectivity index (χ2n) is 4.53. The SMILES string of the molecule is O=C(O)c1cc(Br)ccc1NC(=O)C1CCCNC1. The summed E-state index contributed by atoms with van der Waals surface area (Å²) in [6.07, 6.45) is 1.79.